The molecule has 0 aliphatic rings. The molecule has 5 rings (SSSR count). The number of benzene rings is 3. The van der Waals surface area contributed by atoms with E-state index >= 15 is 0 Å². The van der Waals surface area contributed by atoms with Crippen molar-refractivity contribution in [3.63, 3.8) is 0 Å². The van der Waals surface area contributed by atoms with Crippen LogP contribution in [0.5, 0.6) is 0 Å². The van der Waals surface area contributed by atoms with Gasteiger partial charge in [0.25, 0.3) is 0 Å². The van der Waals surface area contributed by atoms with Gasteiger partial charge in [-0.15, -0.1) is 0 Å². The van der Waals surface area contributed by atoms with E-state index in [9.17, 15) is 9.59 Å². The van der Waals surface area contributed by atoms with Gasteiger partial charge in [-0.05, 0) is 29.8 Å². The average Bonchev–Trinajstić information content (AvgIpc) is 3.39. The fraction of sp³-hybridized carbons (Fsp3) is 0.0435. The molecule has 2 aromatic heterocycles. The summed E-state index contributed by atoms with van der Waals surface area (Å²) in [6, 6.07) is 23.8. The molecule has 6 heteroatoms. The molecule has 0 saturated carbocycles. The standard InChI is InChI=1S/C23H16N4O2/c28-22(26-14-24-17-10-4-6-12-19(17)26)21(16-8-2-1-3-9-16)23(29)27-15-25-18-11-5-7-13-20(18)27/h1-15,21H. The van der Waals surface area contributed by atoms with Crippen molar-refractivity contribution in [2.24, 2.45) is 0 Å². The summed E-state index contributed by atoms with van der Waals surface area (Å²) in [7, 11) is 0. The van der Waals surface area contributed by atoms with Crippen LogP contribution in [-0.2, 0) is 0 Å². The zero-order valence-corrected chi connectivity index (χ0v) is 15.3. The summed E-state index contributed by atoms with van der Waals surface area (Å²) in [5, 5.41) is 0. The van der Waals surface area contributed by atoms with Crippen molar-refractivity contribution in [1.29, 1.82) is 0 Å². The molecule has 0 N–H and O–H groups in total. The van der Waals surface area contributed by atoms with Crippen molar-refractivity contribution < 1.29 is 9.59 Å². The number of hydrogen-bond acceptors (Lipinski definition) is 4. The molecule has 0 aliphatic heterocycles. The van der Waals surface area contributed by atoms with E-state index in [2.05, 4.69) is 9.97 Å². The highest BCUT2D eigenvalue weighted by molar-refractivity contribution is 6.11. The lowest BCUT2D eigenvalue weighted by Gasteiger charge is -2.17. The molecule has 0 spiro atoms. The molecule has 0 atom stereocenters. The number of fused-ring (bicyclic) bond motifs is 2. The molecule has 0 radical (unpaired) electrons. The van der Waals surface area contributed by atoms with Crippen LogP contribution in [0.3, 0.4) is 0 Å². The van der Waals surface area contributed by atoms with E-state index in [0.29, 0.717) is 27.6 Å². The van der Waals surface area contributed by atoms with Crippen LogP contribution in [0.4, 0.5) is 0 Å². The molecule has 0 aliphatic carbocycles. The predicted octanol–water partition coefficient (Wildman–Crippen LogP) is 4.15. The molecular formula is C23H16N4O2. The number of nitrogens with zero attached hydrogens (tertiary/aromatic N) is 4. The van der Waals surface area contributed by atoms with Crippen molar-refractivity contribution in [2.45, 2.75) is 5.92 Å². The minimum absolute atomic E-state index is 0.354. The molecular weight excluding hydrogens is 364 g/mol. The Morgan fingerprint density at radius 2 is 1.07 bits per heavy atom. The van der Waals surface area contributed by atoms with E-state index in [-0.39, 0.29) is 11.8 Å². The summed E-state index contributed by atoms with van der Waals surface area (Å²) in [6.45, 7) is 0. The first-order valence-corrected chi connectivity index (χ1v) is 9.21. The van der Waals surface area contributed by atoms with Gasteiger partial charge in [-0.1, -0.05) is 54.6 Å². The largest absolute Gasteiger partial charge is 0.273 e. The number of imidazole rings is 2. The SMILES string of the molecule is O=C(C(C(=O)n1cnc2ccccc21)c1ccccc1)n1cnc2ccccc21. The Balaban J connectivity index is 1.66. The monoisotopic (exact) mass is 380 g/mol. The number of aromatic nitrogens is 4. The lowest BCUT2D eigenvalue weighted by Crippen LogP contribution is -2.30. The maximum atomic E-state index is 13.6. The van der Waals surface area contributed by atoms with Crippen molar-refractivity contribution in [3.05, 3.63) is 97.1 Å². The molecule has 0 amide bonds. The van der Waals surface area contributed by atoms with Crippen LogP contribution in [0, 0.1) is 0 Å². The van der Waals surface area contributed by atoms with Crippen LogP contribution in [0.2, 0.25) is 0 Å². The summed E-state index contributed by atoms with van der Waals surface area (Å²) in [5.74, 6) is -1.73. The van der Waals surface area contributed by atoms with Gasteiger partial charge in [0.05, 0.1) is 22.1 Å². The molecule has 6 nitrogen and oxygen atoms in total. The van der Waals surface area contributed by atoms with Gasteiger partial charge in [-0.3, -0.25) is 18.7 Å². The van der Waals surface area contributed by atoms with Crippen LogP contribution in [0.15, 0.2) is 91.5 Å². The third-order valence-electron chi connectivity index (χ3n) is 5.01. The van der Waals surface area contributed by atoms with Gasteiger partial charge in [0.15, 0.2) is 0 Å². The number of carbonyl (C=O) groups excluding carboxylic acids is 2. The smallest absolute Gasteiger partial charge is 0.249 e. The Kier molecular flexibility index (Phi) is 4.02. The van der Waals surface area contributed by atoms with Crippen molar-refractivity contribution in [3.8, 4) is 0 Å². The van der Waals surface area contributed by atoms with Gasteiger partial charge in [-0.2, -0.15) is 0 Å². The molecule has 2 heterocycles. The van der Waals surface area contributed by atoms with Crippen LogP contribution >= 0.6 is 0 Å². The van der Waals surface area contributed by atoms with Crippen molar-refractivity contribution in [1.82, 2.24) is 19.1 Å². The van der Waals surface area contributed by atoms with Gasteiger partial charge >= 0.3 is 0 Å². The van der Waals surface area contributed by atoms with Crippen LogP contribution in [0.25, 0.3) is 22.1 Å². The second-order valence-electron chi connectivity index (χ2n) is 6.73. The number of para-hydroxylation sites is 4. The summed E-state index contributed by atoms with van der Waals surface area (Å²) in [5.41, 5.74) is 3.36. The Bertz CT molecular complexity index is 1270. The van der Waals surface area contributed by atoms with E-state index in [4.69, 9.17) is 0 Å². The molecule has 140 valence electrons. The first-order chi connectivity index (χ1) is 14.2. The Morgan fingerprint density at radius 3 is 1.59 bits per heavy atom. The zero-order valence-electron chi connectivity index (χ0n) is 15.3. The fourth-order valence-corrected chi connectivity index (χ4v) is 3.58. The molecule has 29 heavy (non-hydrogen) atoms. The van der Waals surface area contributed by atoms with Gasteiger partial charge < -0.3 is 0 Å². The Morgan fingerprint density at radius 1 is 0.621 bits per heavy atom. The molecule has 5 aromatic rings. The normalized spacial score (nSPS) is 11.3. The van der Waals surface area contributed by atoms with E-state index in [1.807, 2.05) is 66.7 Å². The van der Waals surface area contributed by atoms with E-state index in [1.54, 1.807) is 12.1 Å². The summed E-state index contributed by atoms with van der Waals surface area (Å²) >= 11 is 0. The molecule has 3 aromatic carbocycles. The van der Waals surface area contributed by atoms with E-state index in [0.717, 1.165) is 0 Å². The first-order valence-electron chi connectivity index (χ1n) is 9.21. The third kappa shape index (κ3) is 2.82. The van der Waals surface area contributed by atoms with Crippen LogP contribution < -0.4 is 0 Å². The van der Waals surface area contributed by atoms with Crippen LogP contribution in [0.1, 0.15) is 21.1 Å². The molecule has 0 bridgehead atoms. The maximum absolute atomic E-state index is 13.6. The highest BCUT2D eigenvalue weighted by atomic mass is 16.2. The number of hydrogen-bond donors (Lipinski definition) is 0. The summed E-state index contributed by atoms with van der Waals surface area (Å²) in [6.07, 6.45) is 2.95. The predicted molar refractivity (Wildman–Crippen MR) is 110 cm³/mol. The number of carbonyl (C=O) groups is 2. The minimum Gasteiger partial charge on any atom is -0.273 e. The second kappa shape index (κ2) is 6.83. The molecule has 0 saturated heterocycles. The molecule has 0 unspecified atom stereocenters. The quantitative estimate of drug-likeness (QED) is 0.441. The van der Waals surface area contributed by atoms with Crippen molar-refractivity contribution in [2.75, 3.05) is 0 Å². The zero-order chi connectivity index (χ0) is 19.8. The Labute approximate surface area is 166 Å². The minimum atomic E-state index is -1.02. The first kappa shape index (κ1) is 17.1. The molecule has 0 fully saturated rings. The Hall–Kier alpha value is -4.06. The average molecular weight is 380 g/mol. The highest BCUT2D eigenvalue weighted by Gasteiger charge is 2.32. The second-order valence-corrected chi connectivity index (χ2v) is 6.73. The van der Waals surface area contributed by atoms with Gasteiger partial charge in [0.2, 0.25) is 11.8 Å². The van der Waals surface area contributed by atoms with E-state index < -0.39 is 5.92 Å². The maximum Gasteiger partial charge on any atom is 0.249 e. The topological polar surface area (TPSA) is 69.8 Å². The highest BCUT2D eigenvalue weighted by Crippen LogP contribution is 2.25. The summed E-state index contributed by atoms with van der Waals surface area (Å²) in [4.78, 5) is 35.7. The fourth-order valence-electron chi connectivity index (χ4n) is 3.58. The third-order valence-corrected chi connectivity index (χ3v) is 5.01. The van der Waals surface area contributed by atoms with Gasteiger partial charge in [0.1, 0.15) is 18.6 Å². The van der Waals surface area contributed by atoms with Crippen molar-refractivity contribution >= 4 is 33.9 Å². The summed E-state index contributed by atoms with van der Waals surface area (Å²) < 4.78 is 2.90. The van der Waals surface area contributed by atoms with Gasteiger partial charge in [0, 0.05) is 0 Å². The lowest BCUT2D eigenvalue weighted by molar-refractivity contribution is 0.0771. The lowest BCUT2D eigenvalue weighted by atomic mass is 9.96. The van der Waals surface area contributed by atoms with Crippen LogP contribution in [-0.4, -0.2) is 30.9 Å². The van der Waals surface area contributed by atoms with Gasteiger partial charge in [-0.25, -0.2) is 9.97 Å². The number of rotatable bonds is 3. The van der Waals surface area contributed by atoms with E-state index in [1.165, 1.54) is 21.8 Å².